The van der Waals surface area contributed by atoms with Crippen LogP contribution in [0.25, 0.3) is 0 Å². The largest absolute Gasteiger partial charge is 0.334 e. The van der Waals surface area contributed by atoms with Gasteiger partial charge in [-0.1, -0.05) is 0 Å². The van der Waals surface area contributed by atoms with Gasteiger partial charge in [0.15, 0.2) is 8.38 Å². The van der Waals surface area contributed by atoms with Gasteiger partial charge < -0.3 is 9.05 Å². The maximum Gasteiger partial charge on any atom is 0.175 e. The molecule has 0 spiro atoms. The maximum atomic E-state index is 12.9. The lowest BCUT2D eigenvalue weighted by Gasteiger charge is -2.15. The number of rotatable bonds is 6. The van der Waals surface area contributed by atoms with Crippen LogP contribution < -0.4 is 0 Å². The summed E-state index contributed by atoms with van der Waals surface area (Å²) in [7, 11) is -1.10. The average molecular weight is 248 g/mol. The summed E-state index contributed by atoms with van der Waals surface area (Å²) in [4.78, 5) is 0. The highest BCUT2D eigenvalue weighted by Gasteiger charge is 2.11. The number of hydrogen-bond donors (Lipinski definition) is 0. The second-order valence-corrected chi connectivity index (χ2v) is 4.60. The van der Waals surface area contributed by atoms with Crippen LogP contribution >= 0.6 is 8.38 Å². The molecule has 0 heterocycles. The first-order valence-corrected chi connectivity index (χ1v) is 6.50. The van der Waals surface area contributed by atoms with E-state index in [0.29, 0.717) is 24.9 Å². The maximum absolute atomic E-state index is 12.9. The molecule has 0 saturated heterocycles. The molecule has 0 radical (unpaired) electrons. The molecule has 1 rings (SSSR count). The van der Waals surface area contributed by atoms with Gasteiger partial charge >= 0.3 is 0 Å². The van der Waals surface area contributed by atoms with Gasteiger partial charge in [-0.05, 0) is 31.5 Å². The van der Waals surface area contributed by atoms with Gasteiger partial charge in [0.1, 0.15) is 11.6 Å². The third-order valence-corrected chi connectivity index (χ3v) is 3.50. The van der Waals surface area contributed by atoms with Crippen molar-refractivity contribution >= 4 is 8.38 Å². The molecule has 1 aromatic rings. The minimum Gasteiger partial charge on any atom is -0.334 e. The van der Waals surface area contributed by atoms with E-state index in [1.165, 1.54) is 12.1 Å². The molecule has 0 N–H and O–H groups in total. The highest BCUT2D eigenvalue weighted by atomic mass is 31.2. The zero-order chi connectivity index (χ0) is 12.0. The van der Waals surface area contributed by atoms with E-state index in [9.17, 15) is 8.78 Å². The van der Waals surface area contributed by atoms with Crippen molar-refractivity contribution in [2.75, 3.05) is 13.2 Å². The van der Waals surface area contributed by atoms with Gasteiger partial charge in [0.2, 0.25) is 0 Å². The van der Waals surface area contributed by atoms with Crippen LogP contribution in [0.4, 0.5) is 8.78 Å². The summed E-state index contributed by atoms with van der Waals surface area (Å²) in [5.41, 5.74) is 0.561. The normalized spacial score (nSPS) is 11.1. The number of benzene rings is 1. The van der Waals surface area contributed by atoms with Crippen LogP contribution in [0.15, 0.2) is 18.2 Å². The number of halogens is 2. The Morgan fingerprint density at radius 2 is 1.50 bits per heavy atom. The zero-order valence-electron chi connectivity index (χ0n) is 9.37. The van der Waals surface area contributed by atoms with Gasteiger partial charge in [-0.15, -0.1) is 0 Å². The molecule has 0 aliphatic rings. The van der Waals surface area contributed by atoms with Crippen molar-refractivity contribution < 1.29 is 17.8 Å². The fourth-order valence-electron chi connectivity index (χ4n) is 1.27. The first kappa shape index (κ1) is 13.5. The van der Waals surface area contributed by atoms with E-state index in [-0.39, 0.29) is 0 Å². The van der Waals surface area contributed by atoms with Crippen molar-refractivity contribution in [2.24, 2.45) is 0 Å². The van der Waals surface area contributed by atoms with Gasteiger partial charge in [0.25, 0.3) is 0 Å². The van der Waals surface area contributed by atoms with Crippen LogP contribution in [-0.4, -0.2) is 13.2 Å². The Hall–Kier alpha value is -0.570. The molecule has 0 aromatic heterocycles. The Bertz CT molecular complexity index is 308. The molecule has 2 nitrogen and oxygen atoms in total. The summed E-state index contributed by atoms with van der Waals surface area (Å²) in [6.45, 7) is 4.79. The molecular formula is C11H15F2O2P. The Morgan fingerprint density at radius 3 is 1.94 bits per heavy atom. The zero-order valence-corrected chi connectivity index (χ0v) is 10.3. The lowest BCUT2D eigenvalue weighted by molar-refractivity contribution is 0.268. The molecule has 0 saturated carbocycles. The molecule has 0 fully saturated rings. The van der Waals surface area contributed by atoms with Crippen molar-refractivity contribution in [2.45, 2.75) is 20.0 Å². The molecule has 16 heavy (non-hydrogen) atoms. The predicted octanol–water partition coefficient (Wildman–Crippen LogP) is 3.85. The Morgan fingerprint density at radius 1 is 1.00 bits per heavy atom. The van der Waals surface area contributed by atoms with Crippen LogP contribution in [0.3, 0.4) is 0 Å². The second-order valence-electron chi connectivity index (χ2n) is 3.10. The van der Waals surface area contributed by atoms with Crippen LogP contribution in [0.1, 0.15) is 19.4 Å². The summed E-state index contributed by atoms with van der Waals surface area (Å²) < 4.78 is 36.6. The summed E-state index contributed by atoms with van der Waals surface area (Å²) >= 11 is 0. The van der Waals surface area contributed by atoms with Gasteiger partial charge in [0.05, 0.1) is 13.2 Å². The first-order chi connectivity index (χ1) is 7.65. The highest BCUT2D eigenvalue weighted by molar-refractivity contribution is 7.46. The van der Waals surface area contributed by atoms with Crippen LogP contribution in [0, 0.1) is 11.6 Å². The monoisotopic (exact) mass is 248 g/mol. The molecule has 0 aliphatic heterocycles. The quantitative estimate of drug-likeness (QED) is 0.712. The van der Waals surface area contributed by atoms with E-state index in [4.69, 9.17) is 9.05 Å². The van der Waals surface area contributed by atoms with Crippen LogP contribution in [-0.2, 0) is 15.2 Å². The molecule has 0 atom stereocenters. The van der Waals surface area contributed by atoms with Crippen molar-refractivity contribution in [1.29, 1.82) is 0 Å². The van der Waals surface area contributed by atoms with Crippen molar-refractivity contribution in [3.63, 3.8) is 0 Å². The fraction of sp³-hybridized carbons (Fsp3) is 0.455. The van der Waals surface area contributed by atoms with Gasteiger partial charge in [-0.25, -0.2) is 8.78 Å². The molecule has 0 bridgehead atoms. The minimum absolute atomic E-state index is 0.408. The van der Waals surface area contributed by atoms with E-state index in [1.54, 1.807) is 0 Å². The molecule has 0 unspecified atom stereocenters. The summed E-state index contributed by atoms with van der Waals surface area (Å²) in [6.07, 6.45) is 0.408. The average Bonchev–Trinajstić information content (AvgIpc) is 2.16. The molecule has 0 aliphatic carbocycles. The molecule has 5 heteroatoms. The predicted molar refractivity (Wildman–Crippen MR) is 60.2 cm³/mol. The third kappa shape index (κ3) is 4.52. The summed E-state index contributed by atoms with van der Waals surface area (Å²) in [5, 5.41) is 0. The van der Waals surface area contributed by atoms with Gasteiger partial charge in [0, 0.05) is 12.2 Å². The van der Waals surface area contributed by atoms with E-state index >= 15 is 0 Å². The molecule has 0 amide bonds. The van der Waals surface area contributed by atoms with E-state index in [0.717, 1.165) is 6.07 Å². The third-order valence-electron chi connectivity index (χ3n) is 1.78. The Labute approximate surface area is 95.5 Å². The summed E-state index contributed by atoms with van der Waals surface area (Å²) in [6, 6.07) is 3.46. The molecule has 1 aromatic carbocycles. The van der Waals surface area contributed by atoms with E-state index in [2.05, 4.69) is 0 Å². The van der Waals surface area contributed by atoms with Crippen molar-refractivity contribution in [1.82, 2.24) is 0 Å². The van der Waals surface area contributed by atoms with E-state index < -0.39 is 20.0 Å². The van der Waals surface area contributed by atoms with Crippen molar-refractivity contribution in [3.8, 4) is 0 Å². The fourth-order valence-corrected chi connectivity index (χ4v) is 2.58. The van der Waals surface area contributed by atoms with Crippen LogP contribution in [0.5, 0.6) is 0 Å². The van der Waals surface area contributed by atoms with Gasteiger partial charge in [-0.2, -0.15) is 0 Å². The lowest BCUT2D eigenvalue weighted by Crippen LogP contribution is -1.95. The standard InChI is InChI=1S/C11H15F2O2P/c1-3-14-16(15-4-2)8-9-5-10(12)7-11(13)6-9/h5-7H,3-4,8H2,1-2H3. The smallest absolute Gasteiger partial charge is 0.175 e. The Balaban J connectivity index is 2.68. The van der Waals surface area contributed by atoms with Crippen LogP contribution in [0.2, 0.25) is 0 Å². The molecular weight excluding hydrogens is 233 g/mol. The second kappa shape index (κ2) is 6.89. The topological polar surface area (TPSA) is 18.5 Å². The Kier molecular flexibility index (Phi) is 5.81. The number of hydrogen-bond acceptors (Lipinski definition) is 2. The van der Waals surface area contributed by atoms with Crippen molar-refractivity contribution in [3.05, 3.63) is 35.4 Å². The van der Waals surface area contributed by atoms with E-state index in [1.807, 2.05) is 13.8 Å². The SMILES string of the molecule is CCOP(Cc1cc(F)cc(F)c1)OCC. The highest BCUT2D eigenvalue weighted by Crippen LogP contribution is 2.41. The van der Waals surface area contributed by atoms with Gasteiger partial charge in [-0.3, -0.25) is 0 Å². The summed E-state index contributed by atoms with van der Waals surface area (Å²) in [5.74, 6) is -1.14. The lowest BCUT2D eigenvalue weighted by atomic mass is 10.2. The molecule has 90 valence electrons. The first-order valence-electron chi connectivity index (χ1n) is 5.14. The minimum atomic E-state index is -1.10.